The first-order chi connectivity index (χ1) is 12.1. The van der Waals surface area contributed by atoms with Crippen LogP contribution in [0.2, 0.25) is 0 Å². The number of methoxy groups -OCH3 is 1. The maximum atomic E-state index is 12.8. The largest absolute Gasteiger partial charge is 0.493 e. The lowest BCUT2D eigenvalue weighted by molar-refractivity contribution is 0.0978. The Labute approximate surface area is 151 Å². The van der Waals surface area contributed by atoms with E-state index in [0.29, 0.717) is 22.1 Å². The van der Waals surface area contributed by atoms with Crippen molar-refractivity contribution in [2.45, 2.75) is 44.6 Å². The van der Waals surface area contributed by atoms with E-state index in [9.17, 15) is 10.1 Å². The second-order valence-electron chi connectivity index (χ2n) is 6.14. The van der Waals surface area contributed by atoms with E-state index >= 15 is 0 Å². The molecule has 25 heavy (non-hydrogen) atoms. The van der Waals surface area contributed by atoms with E-state index in [1.807, 2.05) is 12.3 Å². The zero-order valence-electron chi connectivity index (χ0n) is 14.3. The first kappa shape index (κ1) is 17.4. The first-order valence-electron chi connectivity index (χ1n) is 8.33. The molecule has 0 N–H and O–H groups in total. The molecule has 0 saturated heterocycles. The predicted octanol–water partition coefficient (Wildman–Crippen LogP) is 4.27. The van der Waals surface area contributed by atoms with Crippen molar-refractivity contribution in [2.24, 2.45) is 0 Å². The van der Waals surface area contributed by atoms with Crippen LogP contribution in [0.5, 0.6) is 11.5 Å². The minimum atomic E-state index is -0.898. The van der Waals surface area contributed by atoms with Crippen molar-refractivity contribution in [1.29, 1.82) is 5.26 Å². The minimum Gasteiger partial charge on any atom is -0.493 e. The molecular weight excluding hydrogens is 336 g/mol. The zero-order valence-corrected chi connectivity index (χ0v) is 15.1. The van der Waals surface area contributed by atoms with Crippen molar-refractivity contribution in [3.05, 3.63) is 39.8 Å². The molecule has 1 aromatic carbocycles. The van der Waals surface area contributed by atoms with Gasteiger partial charge in [-0.2, -0.15) is 5.26 Å². The fraction of sp³-hybridized carbons (Fsp3) is 0.421. The molecule has 130 valence electrons. The van der Waals surface area contributed by atoms with Gasteiger partial charge in [0.15, 0.2) is 23.2 Å². The van der Waals surface area contributed by atoms with Crippen molar-refractivity contribution < 1.29 is 14.3 Å². The number of ether oxygens (including phenoxy) is 2. The number of Topliss-reactive ketones (excluding diaryl/α,β-unsaturated/α-hetero) is 1. The van der Waals surface area contributed by atoms with E-state index in [1.54, 1.807) is 25.3 Å². The van der Waals surface area contributed by atoms with Gasteiger partial charge in [0.1, 0.15) is 5.01 Å². The summed E-state index contributed by atoms with van der Waals surface area (Å²) in [5.74, 6) is -0.0121. The van der Waals surface area contributed by atoms with Gasteiger partial charge in [0.25, 0.3) is 0 Å². The van der Waals surface area contributed by atoms with Crippen LogP contribution in [0.25, 0.3) is 0 Å². The molecule has 1 unspecified atom stereocenters. The molecule has 5 nitrogen and oxygen atoms in total. The van der Waals surface area contributed by atoms with Crippen molar-refractivity contribution in [1.82, 2.24) is 4.98 Å². The van der Waals surface area contributed by atoms with Gasteiger partial charge < -0.3 is 9.47 Å². The summed E-state index contributed by atoms with van der Waals surface area (Å²) in [6.07, 6.45) is 4.66. The number of nitriles is 1. The summed E-state index contributed by atoms with van der Waals surface area (Å²) in [7, 11) is 1.55. The molecule has 2 aromatic rings. The second kappa shape index (κ2) is 7.66. The van der Waals surface area contributed by atoms with Gasteiger partial charge in [0.2, 0.25) is 0 Å². The van der Waals surface area contributed by atoms with Gasteiger partial charge in [0, 0.05) is 16.6 Å². The fourth-order valence-corrected chi connectivity index (χ4v) is 3.84. The van der Waals surface area contributed by atoms with E-state index < -0.39 is 5.92 Å². The van der Waals surface area contributed by atoms with E-state index in [2.05, 4.69) is 11.1 Å². The van der Waals surface area contributed by atoms with Crippen LogP contribution in [0.4, 0.5) is 0 Å². The molecule has 1 aliphatic rings. The van der Waals surface area contributed by atoms with E-state index in [0.717, 1.165) is 18.5 Å². The number of carbonyl (C=O) groups excluding carboxylic acids is 1. The quantitative estimate of drug-likeness (QED) is 0.723. The van der Waals surface area contributed by atoms with Gasteiger partial charge in [0.05, 0.1) is 19.3 Å². The van der Waals surface area contributed by atoms with Gasteiger partial charge in [-0.3, -0.25) is 4.79 Å². The molecular formula is C19H20N2O3S. The van der Waals surface area contributed by atoms with Crippen LogP contribution in [-0.2, 0) is 0 Å². The van der Waals surface area contributed by atoms with E-state index in [4.69, 9.17) is 9.47 Å². The molecule has 1 atom stereocenters. The van der Waals surface area contributed by atoms with Crippen LogP contribution in [0, 0.1) is 18.3 Å². The lowest BCUT2D eigenvalue weighted by Gasteiger charge is -2.16. The summed E-state index contributed by atoms with van der Waals surface area (Å²) in [5, 5.41) is 11.8. The number of aromatic nitrogens is 1. The molecule has 0 spiro atoms. The van der Waals surface area contributed by atoms with Crippen LogP contribution in [-0.4, -0.2) is 24.0 Å². The van der Waals surface area contributed by atoms with Crippen LogP contribution >= 0.6 is 11.3 Å². The number of carbonyl (C=O) groups is 1. The summed E-state index contributed by atoms with van der Waals surface area (Å²) in [5.41, 5.74) is 1.24. The highest BCUT2D eigenvalue weighted by molar-refractivity contribution is 7.10. The summed E-state index contributed by atoms with van der Waals surface area (Å²) in [4.78, 5) is 17.0. The fourth-order valence-electron chi connectivity index (χ4n) is 3.00. The Balaban J connectivity index is 1.83. The Hall–Kier alpha value is -2.39. The van der Waals surface area contributed by atoms with E-state index in [-0.39, 0.29) is 11.9 Å². The number of ketones is 1. The molecule has 6 heteroatoms. The molecule has 0 amide bonds. The highest BCUT2D eigenvalue weighted by Crippen LogP contribution is 2.34. The predicted molar refractivity (Wildman–Crippen MR) is 95.4 cm³/mol. The molecule has 1 saturated carbocycles. The molecule has 1 aromatic heterocycles. The maximum Gasteiger partial charge on any atom is 0.187 e. The van der Waals surface area contributed by atoms with Gasteiger partial charge in [-0.05, 0) is 50.8 Å². The second-order valence-corrected chi connectivity index (χ2v) is 7.03. The van der Waals surface area contributed by atoms with Gasteiger partial charge >= 0.3 is 0 Å². The SMILES string of the molecule is COc1cc(C(=O)C(C#N)c2nc(C)cs2)ccc1OC1CCCC1. The zero-order chi connectivity index (χ0) is 17.8. The number of hydrogen-bond donors (Lipinski definition) is 0. The van der Waals surface area contributed by atoms with Crippen LogP contribution in [0.1, 0.15) is 52.7 Å². The molecule has 0 radical (unpaired) electrons. The normalized spacial score (nSPS) is 15.6. The average Bonchev–Trinajstić information content (AvgIpc) is 3.28. The summed E-state index contributed by atoms with van der Waals surface area (Å²) < 4.78 is 11.4. The molecule has 1 fully saturated rings. The van der Waals surface area contributed by atoms with Crippen molar-refractivity contribution >= 4 is 17.1 Å². The smallest absolute Gasteiger partial charge is 0.187 e. The third-order valence-electron chi connectivity index (χ3n) is 4.32. The summed E-state index contributed by atoms with van der Waals surface area (Å²) >= 11 is 1.33. The minimum absolute atomic E-state index is 0.209. The highest BCUT2D eigenvalue weighted by atomic mass is 32.1. The Kier molecular flexibility index (Phi) is 5.34. The Bertz CT molecular complexity index is 803. The monoisotopic (exact) mass is 356 g/mol. The Morgan fingerprint density at radius 1 is 1.36 bits per heavy atom. The van der Waals surface area contributed by atoms with Gasteiger partial charge in [-0.15, -0.1) is 11.3 Å². The average molecular weight is 356 g/mol. The number of benzene rings is 1. The molecule has 1 heterocycles. The number of hydrogen-bond acceptors (Lipinski definition) is 6. The highest BCUT2D eigenvalue weighted by Gasteiger charge is 2.26. The lowest BCUT2D eigenvalue weighted by Crippen LogP contribution is -2.13. The van der Waals surface area contributed by atoms with Crippen LogP contribution in [0.3, 0.4) is 0 Å². The summed E-state index contributed by atoms with van der Waals surface area (Å²) in [6, 6.07) is 7.17. The molecule has 3 rings (SSSR count). The van der Waals surface area contributed by atoms with Crippen LogP contribution < -0.4 is 9.47 Å². The number of nitrogens with zero attached hydrogens (tertiary/aromatic N) is 2. The molecule has 0 aliphatic heterocycles. The van der Waals surface area contributed by atoms with Gasteiger partial charge in [-0.1, -0.05) is 0 Å². The first-order valence-corrected chi connectivity index (χ1v) is 9.21. The van der Waals surface area contributed by atoms with Crippen molar-refractivity contribution in [2.75, 3.05) is 7.11 Å². The van der Waals surface area contributed by atoms with Crippen molar-refractivity contribution in [3.8, 4) is 17.6 Å². The Morgan fingerprint density at radius 3 is 2.72 bits per heavy atom. The lowest BCUT2D eigenvalue weighted by atomic mass is 9.99. The topological polar surface area (TPSA) is 72.2 Å². The van der Waals surface area contributed by atoms with Gasteiger partial charge in [-0.25, -0.2) is 4.98 Å². The molecule has 0 bridgehead atoms. The summed E-state index contributed by atoms with van der Waals surface area (Å²) in [6.45, 7) is 1.84. The van der Waals surface area contributed by atoms with E-state index in [1.165, 1.54) is 24.2 Å². The van der Waals surface area contributed by atoms with Crippen LogP contribution in [0.15, 0.2) is 23.6 Å². The maximum absolute atomic E-state index is 12.8. The number of aryl methyl sites for hydroxylation is 1. The van der Waals surface area contributed by atoms with Crippen molar-refractivity contribution in [3.63, 3.8) is 0 Å². The third-order valence-corrected chi connectivity index (χ3v) is 5.35. The molecule has 1 aliphatic carbocycles. The number of thiazole rings is 1. The number of rotatable bonds is 6. The standard InChI is InChI=1S/C19H20N2O3S/c1-12-11-25-19(21-12)15(10-20)18(22)13-7-8-16(17(9-13)23-2)24-14-5-3-4-6-14/h7-9,11,14-15H,3-6H2,1-2H3. The third kappa shape index (κ3) is 3.83. The Morgan fingerprint density at radius 2 is 2.12 bits per heavy atom.